The Kier molecular flexibility index (Phi) is 6.56. The summed E-state index contributed by atoms with van der Waals surface area (Å²) in [7, 11) is 0. The monoisotopic (exact) mass is 490 g/mol. The molecule has 4 N–H and O–H groups in total. The van der Waals surface area contributed by atoms with Crippen LogP contribution in [-0.4, -0.2) is 33.0 Å². The number of hydrogen-bond donors (Lipinski definition) is 4. The van der Waals surface area contributed by atoms with Crippen LogP contribution < -0.4 is 10.6 Å². The van der Waals surface area contributed by atoms with Crippen LogP contribution in [0.15, 0.2) is 54.9 Å². The van der Waals surface area contributed by atoms with Gasteiger partial charge in [0.2, 0.25) is 0 Å². The van der Waals surface area contributed by atoms with Crippen molar-refractivity contribution >= 4 is 0 Å². The van der Waals surface area contributed by atoms with Crippen molar-refractivity contribution in [1.29, 1.82) is 0 Å². The fourth-order valence-electron chi connectivity index (χ4n) is 5.00. The van der Waals surface area contributed by atoms with Gasteiger partial charge < -0.3 is 20.6 Å². The summed E-state index contributed by atoms with van der Waals surface area (Å²) in [5.74, 6) is 13.0. The van der Waals surface area contributed by atoms with Crippen molar-refractivity contribution in [1.82, 2.24) is 30.6 Å². The molecule has 4 heterocycles. The summed E-state index contributed by atoms with van der Waals surface area (Å²) in [5.41, 5.74) is 4.14. The van der Waals surface area contributed by atoms with Gasteiger partial charge in [-0.3, -0.25) is 0 Å². The number of aromatic amines is 2. The van der Waals surface area contributed by atoms with Gasteiger partial charge >= 0.3 is 0 Å². The highest BCUT2D eigenvalue weighted by Crippen LogP contribution is 2.32. The van der Waals surface area contributed by atoms with Gasteiger partial charge in [0.15, 0.2) is 0 Å². The quantitative estimate of drug-likeness (QED) is 0.308. The van der Waals surface area contributed by atoms with Gasteiger partial charge in [0.05, 0.1) is 35.7 Å². The third-order valence-electron chi connectivity index (χ3n) is 6.90. The van der Waals surface area contributed by atoms with Crippen molar-refractivity contribution in [2.75, 3.05) is 13.1 Å². The summed E-state index contributed by atoms with van der Waals surface area (Å²) in [6, 6.07) is 13.7. The lowest BCUT2D eigenvalue weighted by atomic mass is 9.96. The molecule has 184 valence electrons. The zero-order chi connectivity index (χ0) is 25.0. The first-order chi connectivity index (χ1) is 18.2. The van der Waals surface area contributed by atoms with Crippen LogP contribution >= 0.6 is 0 Å². The van der Waals surface area contributed by atoms with Crippen molar-refractivity contribution in [3.63, 3.8) is 0 Å². The number of imidazole rings is 2. The van der Waals surface area contributed by atoms with E-state index in [9.17, 15) is 0 Å². The van der Waals surface area contributed by atoms with E-state index in [2.05, 4.69) is 54.3 Å². The minimum absolute atomic E-state index is 0.219. The molecule has 0 amide bonds. The summed E-state index contributed by atoms with van der Waals surface area (Å²) in [6.45, 7) is 1.99. The van der Waals surface area contributed by atoms with Crippen LogP contribution in [0, 0.1) is 29.5 Å². The number of rotatable bonds is 4. The second-order valence-electron chi connectivity index (χ2n) is 9.41. The van der Waals surface area contributed by atoms with Gasteiger partial charge in [-0.25, -0.2) is 14.4 Å². The number of nitrogens with zero attached hydrogens (tertiary/aromatic N) is 2. The predicted octanol–water partition coefficient (Wildman–Crippen LogP) is 4.86. The number of halogens is 1. The largest absolute Gasteiger partial charge is 0.341 e. The van der Waals surface area contributed by atoms with E-state index in [-0.39, 0.29) is 12.1 Å². The average molecular weight is 491 g/mol. The van der Waals surface area contributed by atoms with Gasteiger partial charge in [-0.05, 0) is 80.2 Å². The summed E-state index contributed by atoms with van der Waals surface area (Å²) < 4.78 is 15.5. The minimum atomic E-state index is -0.392. The smallest absolute Gasteiger partial charge is 0.140 e. The molecular formula is C30H27FN6. The Bertz CT molecular complexity index is 1520. The van der Waals surface area contributed by atoms with Crippen molar-refractivity contribution in [2.24, 2.45) is 0 Å². The second kappa shape index (κ2) is 10.4. The van der Waals surface area contributed by atoms with E-state index in [0.717, 1.165) is 72.8 Å². The first kappa shape index (κ1) is 23.2. The Morgan fingerprint density at radius 3 is 2.22 bits per heavy atom. The zero-order valence-corrected chi connectivity index (χ0v) is 20.4. The maximum Gasteiger partial charge on any atom is 0.140 e. The van der Waals surface area contributed by atoms with Gasteiger partial charge in [0.25, 0.3) is 0 Å². The van der Waals surface area contributed by atoms with Crippen molar-refractivity contribution in [3.05, 3.63) is 83.6 Å². The minimum Gasteiger partial charge on any atom is -0.341 e. The molecule has 0 bridgehead atoms. The molecule has 2 aliphatic heterocycles. The highest BCUT2D eigenvalue weighted by atomic mass is 19.1. The second-order valence-corrected chi connectivity index (χ2v) is 9.41. The summed E-state index contributed by atoms with van der Waals surface area (Å²) >= 11 is 0. The Labute approximate surface area is 215 Å². The van der Waals surface area contributed by atoms with Crippen LogP contribution in [-0.2, 0) is 0 Å². The van der Waals surface area contributed by atoms with Gasteiger partial charge in [0, 0.05) is 11.1 Å². The molecule has 2 aliphatic rings. The van der Waals surface area contributed by atoms with Gasteiger partial charge in [-0.1, -0.05) is 30.3 Å². The topological polar surface area (TPSA) is 81.4 Å². The molecule has 2 aromatic carbocycles. The van der Waals surface area contributed by atoms with Crippen molar-refractivity contribution < 1.29 is 4.39 Å². The third kappa shape index (κ3) is 5.06. The Morgan fingerprint density at radius 1 is 0.784 bits per heavy atom. The molecule has 0 saturated carbocycles. The Morgan fingerprint density at radius 2 is 1.49 bits per heavy atom. The normalized spacial score (nSPS) is 18.7. The first-order valence-electron chi connectivity index (χ1n) is 12.7. The number of aromatic nitrogens is 4. The number of benzene rings is 2. The van der Waals surface area contributed by atoms with Crippen LogP contribution in [0.3, 0.4) is 0 Å². The molecule has 4 aromatic rings. The molecule has 2 atom stereocenters. The molecule has 2 fully saturated rings. The number of H-pyrrole nitrogens is 2. The number of nitrogens with one attached hydrogen (secondary N) is 4. The first-order valence-corrected chi connectivity index (χ1v) is 12.7. The lowest BCUT2D eigenvalue weighted by Crippen LogP contribution is -2.14. The van der Waals surface area contributed by atoms with Crippen LogP contribution in [0.5, 0.6) is 0 Å². The van der Waals surface area contributed by atoms with E-state index in [1.165, 1.54) is 6.07 Å². The molecule has 6 rings (SSSR count). The molecule has 37 heavy (non-hydrogen) atoms. The average Bonchev–Trinajstić information content (AvgIpc) is 3.74. The lowest BCUT2D eigenvalue weighted by Gasteiger charge is -2.10. The van der Waals surface area contributed by atoms with Crippen LogP contribution in [0.4, 0.5) is 4.39 Å². The highest BCUT2D eigenvalue weighted by molar-refractivity contribution is 5.77. The molecule has 7 heteroatoms. The molecular weight excluding hydrogens is 463 g/mol. The number of hydrogen-bond acceptors (Lipinski definition) is 4. The lowest BCUT2D eigenvalue weighted by molar-refractivity contribution is 0.612. The SMILES string of the molecule is Fc1cc(-c2cnc(C3CCCN3)[nH]2)cc(-c2ccccc2)c1C#CC#Cc1cnc(C2CCCN2)[nH]1. The van der Waals surface area contributed by atoms with Gasteiger partial charge in [0.1, 0.15) is 23.2 Å². The molecule has 0 radical (unpaired) electrons. The van der Waals surface area contributed by atoms with Crippen LogP contribution in [0.1, 0.15) is 60.7 Å². The van der Waals surface area contributed by atoms with E-state index in [1.807, 2.05) is 36.4 Å². The summed E-state index contributed by atoms with van der Waals surface area (Å²) in [4.78, 5) is 15.6. The zero-order valence-electron chi connectivity index (χ0n) is 20.4. The van der Waals surface area contributed by atoms with E-state index in [4.69, 9.17) is 0 Å². The van der Waals surface area contributed by atoms with Crippen molar-refractivity contribution in [2.45, 2.75) is 37.8 Å². The summed E-state index contributed by atoms with van der Waals surface area (Å²) in [6.07, 6.45) is 7.87. The van der Waals surface area contributed by atoms with E-state index >= 15 is 4.39 Å². The third-order valence-corrected chi connectivity index (χ3v) is 6.90. The fraction of sp³-hybridized carbons (Fsp3) is 0.267. The Hall–Kier alpha value is -4.17. The molecule has 0 aliphatic carbocycles. The molecule has 0 spiro atoms. The van der Waals surface area contributed by atoms with Crippen LogP contribution in [0.2, 0.25) is 0 Å². The maximum absolute atomic E-state index is 15.5. The molecule has 2 unspecified atom stereocenters. The van der Waals surface area contributed by atoms with Crippen LogP contribution in [0.25, 0.3) is 22.4 Å². The molecule has 2 aromatic heterocycles. The van der Waals surface area contributed by atoms with Crippen molar-refractivity contribution in [3.8, 4) is 46.1 Å². The van der Waals surface area contributed by atoms with Gasteiger partial charge in [-0.15, -0.1) is 0 Å². The maximum atomic E-state index is 15.5. The standard InChI is InChI=1S/C30H27FN6/c31-25-17-21(28-19-35-30(37-28)27-13-7-15-33-27)16-24(20-8-2-1-3-9-20)23(25)11-5-4-10-22-18-34-29(36-22)26-12-6-14-32-26/h1-3,8-9,16-19,26-27,32-33H,6-7,12-15H2,(H,34,36)(H,35,37). The summed E-state index contributed by atoms with van der Waals surface area (Å²) in [5, 5.41) is 6.86. The fourth-order valence-corrected chi connectivity index (χ4v) is 5.00. The predicted molar refractivity (Wildman–Crippen MR) is 142 cm³/mol. The highest BCUT2D eigenvalue weighted by Gasteiger charge is 2.21. The molecule has 2 saturated heterocycles. The Balaban J connectivity index is 1.31. The van der Waals surface area contributed by atoms with E-state index < -0.39 is 5.82 Å². The molecule has 6 nitrogen and oxygen atoms in total. The van der Waals surface area contributed by atoms with E-state index in [0.29, 0.717) is 11.3 Å². The van der Waals surface area contributed by atoms with Gasteiger partial charge in [-0.2, -0.15) is 0 Å². The van der Waals surface area contributed by atoms with E-state index in [1.54, 1.807) is 12.4 Å².